The lowest BCUT2D eigenvalue weighted by Gasteiger charge is -2.27. The highest BCUT2D eigenvalue weighted by Crippen LogP contribution is 2.15. The lowest BCUT2D eigenvalue weighted by molar-refractivity contribution is -0.159. The van der Waals surface area contributed by atoms with Crippen LogP contribution in [0, 0.1) is 5.92 Å². The number of hydrogen-bond acceptors (Lipinski definition) is 4. The molecule has 114 valence electrons. The van der Waals surface area contributed by atoms with Crippen LogP contribution in [0.3, 0.4) is 0 Å². The maximum Gasteiger partial charge on any atom is 0.323 e. The molecule has 2 atom stereocenters. The van der Waals surface area contributed by atoms with Crippen LogP contribution in [-0.2, 0) is 23.1 Å². The highest BCUT2D eigenvalue weighted by molar-refractivity contribution is 5.76. The molecule has 0 aromatic carbocycles. The number of hydrogen-bond donors (Lipinski definition) is 1. The number of aromatic nitrogens is 2. The number of rotatable bonds is 6. The third-order valence-electron chi connectivity index (χ3n) is 3.27. The highest BCUT2D eigenvalue weighted by atomic mass is 16.6. The van der Waals surface area contributed by atoms with Crippen LogP contribution in [-0.4, -0.2) is 27.2 Å². The molecular weight excluding hydrogens is 254 g/mol. The van der Waals surface area contributed by atoms with E-state index in [1.54, 1.807) is 6.20 Å². The maximum absolute atomic E-state index is 12.3. The number of nitrogens with zero attached hydrogens (tertiary/aromatic N) is 2. The molecule has 0 radical (unpaired) electrons. The Morgan fingerprint density at radius 1 is 1.50 bits per heavy atom. The zero-order valence-corrected chi connectivity index (χ0v) is 13.4. The number of carbonyl (C=O) groups is 1. The van der Waals surface area contributed by atoms with Crippen molar-refractivity contribution in [3.05, 3.63) is 18.2 Å². The van der Waals surface area contributed by atoms with Crippen LogP contribution in [0.2, 0.25) is 0 Å². The van der Waals surface area contributed by atoms with Crippen LogP contribution in [0.4, 0.5) is 0 Å². The fourth-order valence-electron chi connectivity index (χ4n) is 1.89. The van der Waals surface area contributed by atoms with E-state index in [0.29, 0.717) is 6.54 Å². The summed E-state index contributed by atoms with van der Waals surface area (Å²) in [5.74, 6) is 0.924. The first-order chi connectivity index (χ1) is 9.24. The Labute approximate surface area is 121 Å². The molecule has 1 rings (SSSR count). The van der Waals surface area contributed by atoms with E-state index in [9.17, 15) is 4.79 Å². The SMILES string of the molecule is CC[C@H](C)C(NCc1nccn1C)C(=O)OC(C)(C)C. The molecule has 0 amide bonds. The van der Waals surface area contributed by atoms with E-state index in [2.05, 4.69) is 24.1 Å². The lowest BCUT2D eigenvalue weighted by atomic mass is 9.99. The topological polar surface area (TPSA) is 56.2 Å². The van der Waals surface area contributed by atoms with Gasteiger partial charge in [-0.05, 0) is 26.7 Å². The van der Waals surface area contributed by atoms with E-state index in [4.69, 9.17) is 4.74 Å². The Morgan fingerprint density at radius 2 is 2.15 bits per heavy atom. The quantitative estimate of drug-likeness (QED) is 0.813. The van der Waals surface area contributed by atoms with E-state index in [1.807, 2.05) is 38.6 Å². The summed E-state index contributed by atoms with van der Waals surface area (Å²) in [4.78, 5) is 16.5. The first kappa shape index (κ1) is 16.7. The zero-order valence-electron chi connectivity index (χ0n) is 13.4. The van der Waals surface area contributed by atoms with E-state index >= 15 is 0 Å². The number of nitrogens with one attached hydrogen (secondary N) is 1. The van der Waals surface area contributed by atoms with Gasteiger partial charge in [0.2, 0.25) is 0 Å². The Bertz CT molecular complexity index is 435. The summed E-state index contributed by atoms with van der Waals surface area (Å²) in [6.45, 7) is 10.3. The number of imidazole rings is 1. The molecule has 0 bridgehead atoms. The van der Waals surface area contributed by atoms with Crippen molar-refractivity contribution >= 4 is 5.97 Å². The van der Waals surface area contributed by atoms with Crippen molar-refractivity contribution in [1.29, 1.82) is 0 Å². The summed E-state index contributed by atoms with van der Waals surface area (Å²) in [6.07, 6.45) is 4.56. The van der Waals surface area contributed by atoms with Gasteiger partial charge in [-0.3, -0.25) is 10.1 Å². The predicted molar refractivity (Wildman–Crippen MR) is 79.1 cm³/mol. The smallest absolute Gasteiger partial charge is 0.323 e. The molecule has 1 aromatic heterocycles. The molecule has 1 N–H and O–H groups in total. The second kappa shape index (κ2) is 6.88. The van der Waals surface area contributed by atoms with Crippen molar-refractivity contribution in [1.82, 2.24) is 14.9 Å². The van der Waals surface area contributed by atoms with Gasteiger partial charge in [0.25, 0.3) is 0 Å². The minimum absolute atomic E-state index is 0.193. The van der Waals surface area contributed by atoms with Gasteiger partial charge in [-0.1, -0.05) is 20.3 Å². The number of aryl methyl sites for hydroxylation is 1. The normalized spacial score (nSPS) is 14.9. The van der Waals surface area contributed by atoms with E-state index in [-0.39, 0.29) is 17.9 Å². The van der Waals surface area contributed by atoms with Crippen LogP contribution in [0.5, 0.6) is 0 Å². The minimum Gasteiger partial charge on any atom is -0.459 e. The molecular formula is C15H27N3O2. The number of ether oxygens (including phenoxy) is 1. The van der Waals surface area contributed by atoms with E-state index in [0.717, 1.165) is 12.2 Å². The molecule has 0 saturated heterocycles. The van der Waals surface area contributed by atoms with Crippen molar-refractivity contribution in [2.75, 3.05) is 0 Å². The summed E-state index contributed by atoms with van der Waals surface area (Å²) in [6, 6.07) is -0.309. The van der Waals surface area contributed by atoms with Crippen LogP contribution >= 0.6 is 0 Å². The third kappa shape index (κ3) is 4.96. The van der Waals surface area contributed by atoms with E-state index in [1.165, 1.54) is 0 Å². The Hall–Kier alpha value is -1.36. The summed E-state index contributed by atoms with van der Waals surface area (Å²) in [5.41, 5.74) is -0.465. The third-order valence-corrected chi connectivity index (χ3v) is 3.27. The lowest BCUT2D eigenvalue weighted by Crippen LogP contribution is -2.45. The molecule has 0 aliphatic heterocycles. The molecule has 0 aliphatic rings. The molecule has 5 heteroatoms. The van der Waals surface area contributed by atoms with Crippen LogP contribution in [0.25, 0.3) is 0 Å². The van der Waals surface area contributed by atoms with Gasteiger partial charge < -0.3 is 9.30 Å². The first-order valence-electron chi connectivity index (χ1n) is 7.17. The van der Waals surface area contributed by atoms with Crippen molar-refractivity contribution in [3.8, 4) is 0 Å². The molecule has 1 aromatic rings. The fraction of sp³-hybridized carbons (Fsp3) is 0.733. The summed E-state index contributed by atoms with van der Waals surface area (Å²) < 4.78 is 7.43. The van der Waals surface area contributed by atoms with Gasteiger partial charge >= 0.3 is 5.97 Å². The van der Waals surface area contributed by atoms with Crippen LogP contribution in [0.15, 0.2) is 12.4 Å². The van der Waals surface area contributed by atoms with Gasteiger partial charge in [0.15, 0.2) is 0 Å². The standard InChI is InChI=1S/C15H27N3O2/c1-7-11(2)13(14(19)20-15(3,4)5)17-10-12-16-8-9-18(12)6/h8-9,11,13,17H,7,10H2,1-6H3/t11-,13?/m0/s1. The van der Waals surface area contributed by atoms with Crippen molar-refractivity contribution in [3.63, 3.8) is 0 Å². The number of carbonyl (C=O) groups excluding carboxylic acids is 1. The van der Waals surface area contributed by atoms with Crippen molar-refractivity contribution < 1.29 is 9.53 Å². The number of esters is 1. The van der Waals surface area contributed by atoms with Gasteiger partial charge in [0.1, 0.15) is 17.5 Å². The zero-order chi connectivity index (χ0) is 15.3. The predicted octanol–water partition coefficient (Wildman–Crippen LogP) is 2.27. The average Bonchev–Trinajstić information content (AvgIpc) is 2.72. The molecule has 0 aliphatic carbocycles. The molecule has 0 fully saturated rings. The van der Waals surface area contributed by atoms with Gasteiger partial charge in [0, 0.05) is 19.4 Å². The second-order valence-electron chi connectivity index (χ2n) is 6.23. The molecule has 5 nitrogen and oxygen atoms in total. The molecule has 0 saturated carbocycles. The highest BCUT2D eigenvalue weighted by Gasteiger charge is 2.28. The largest absolute Gasteiger partial charge is 0.459 e. The van der Waals surface area contributed by atoms with Gasteiger partial charge in [-0.15, -0.1) is 0 Å². The first-order valence-corrected chi connectivity index (χ1v) is 7.17. The van der Waals surface area contributed by atoms with Gasteiger partial charge in [0.05, 0.1) is 6.54 Å². The van der Waals surface area contributed by atoms with E-state index < -0.39 is 5.60 Å². The van der Waals surface area contributed by atoms with Gasteiger partial charge in [-0.25, -0.2) is 4.98 Å². The molecule has 1 unspecified atom stereocenters. The Morgan fingerprint density at radius 3 is 2.60 bits per heavy atom. The van der Waals surface area contributed by atoms with Crippen LogP contribution in [0.1, 0.15) is 46.9 Å². The van der Waals surface area contributed by atoms with Gasteiger partial charge in [-0.2, -0.15) is 0 Å². The Kier molecular flexibility index (Phi) is 5.74. The molecule has 20 heavy (non-hydrogen) atoms. The maximum atomic E-state index is 12.3. The molecule has 1 heterocycles. The fourth-order valence-corrected chi connectivity index (χ4v) is 1.89. The second-order valence-corrected chi connectivity index (χ2v) is 6.23. The summed E-state index contributed by atoms with van der Waals surface area (Å²) in [7, 11) is 1.94. The summed E-state index contributed by atoms with van der Waals surface area (Å²) in [5, 5.41) is 3.28. The Balaban J connectivity index is 2.70. The minimum atomic E-state index is -0.465. The molecule has 0 spiro atoms. The van der Waals surface area contributed by atoms with Crippen molar-refractivity contribution in [2.24, 2.45) is 13.0 Å². The van der Waals surface area contributed by atoms with Crippen LogP contribution < -0.4 is 5.32 Å². The average molecular weight is 281 g/mol. The monoisotopic (exact) mass is 281 g/mol. The summed E-state index contributed by atoms with van der Waals surface area (Å²) >= 11 is 0. The van der Waals surface area contributed by atoms with Crippen molar-refractivity contribution in [2.45, 2.75) is 59.2 Å².